The van der Waals surface area contributed by atoms with E-state index in [0.29, 0.717) is 5.56 Å². The van der Waals surface area contributed by atoms with Gasteiger partial charge >= 0.3 is 11.9 Å². The van der Waals surface area contributed by atoms with Gasteiger partial charge in [0, 0.05) is 12.1 Å². The quantitative estimate of drug-likeness (QED) is 0.454. The highest BCUT2D eigenvalue weighted by molar-refractivity contribution is 5.99. The van der Waals surface area contributed by atoms with Crippen molar-refractivity contribution < 1.29 is 28.7 Å². The van der Waals surface area contributed by atoms with Gasteiger partial charge in [-0.2, -0.15) is 0 Å². The van der Waals surface area contributed by atoms with Crippen molar-refractivity contribution in [3.05, 3.63) is 62.7 Å². The second-order valence-corrected chi connectivity index (χ2v) is 5.58. The Labute approximate surface area is 155 Å². The van der Waals surface area contributed by atoms with Crippen LogP contribution in [-0.4, -0.2) is 30.1 Å². The predicted octanol–water partition coefficient (Wildman–Crippen LogP) is 2.28. The van der Waals surface area contributed by atoms with Crippen LogP contribution in [0.2, 0.25) is 0 Å². The molecule has 1 heterocycles. The van der Waals surface area contributed by atoms with Crippen LogP contribution in [0.25, 0.3) is 0 Å². The zero-order valence-corrected chi connectivity index (χ0v) is 15.2. The van der Waals surface area contributed by atoms with E-state index < -0.39 is 22.8 Å². The molecule has 0 bridgehead atoms. The van der Waals surface area contributed by atoms with Gasteiger partial charge in [-0.15, -0.1) is 0 Å². The van der Waals surface area contributed by atoms with E-state index in [0.717, 1.165) is 0 Å². The van der Waals surface area contributed by atoms with Crippen LogP contribution < -0.4 is 5.73 Å². The molecule has 0 aliphatic carbocycles. The normalized spacial score (nSPS) is 16.6. The van der Waals surface area contributed by atoms with Gasteiger partial charge < -0.3 is 19.9 Å². The zero-order chi connectivity index (χ0) is 20.1. The average molecular weight is 376 g/mol. The predicted molar refractivity (Wildman–Crippen MR) is 94.1 cm³/mol. The van der Waals surface area contributed by atoms with Gasteiger partial charge in [0.15, 0.2) is 0 Å². The van der Waals surface area contributed by atoms with Crippen LogP contribution in [-0.2, 0) is 23.8 Å². The second-order valence-electron chi connectivity index (χ2n) is 5.58. The number of benzene rings is 1. The molecular weight excluding hydrogens is 356 g/mol. The van der Waals surface area contributed by atoms with Crippen molar-refractivity contribution in [2.24, 2.45) is 5.73 Å². The first-order chi connectivity index (χ1) is 12.8. The molecule has 0 fully saturated rings. The summed E-state index contributed by atoms with van der Waals surface area (Å²) in [6, 6.07) is 5.59. The molecule has 1 aromatic carbocycles. The number of carbonyl (C=O) groups excluding carboxylic acids is 2. The largest absolute Gasteiger partial charge is 0.463 e. The molecule has 27 heavy (non-hydrogen) atoms. The Morgan fingerprint density at radius 3 is 2.33 bits per heavy atom. The number of nitrogens with two attached hydrogens (primary N) is 1. The summed E-state index contributed by atoms with van der Waals surface area (Å²) < 4.78 is 15.5. The lowest BCUT2D eigenvalue weighted by molar-refractivity contribution is -0.384. The number of carbonyl (C=O) groups is 2. The van der Waals surface area contributed by atoms with Crippen molar-refractivity contribution in [2.75, 3.05) is 13.2 Å². The maximum atomic E-state index is 12.5. The van der Waals surface area contributed by atoms with Crippen molar-refractivity contribution in [1.29, 1.82) is 0 Å². The van der Waals surface area contributed by atoms with E-state index in [9.17, 15) is 19.7 Å². The lowest BCUT2D eigenvalue weighted by Crippen LogP contribution is -2.30. The highest BCUT2D eigenvalue weighted by atomic mass is 16.6. The Balaban J connectivity index is 2.68. The number of hydrogen-bond acceptors (Lipinski definition) is 8. The molecule has 0 radical (unpaired) electrons. The van der Waals surface area contributed by atoms with E-state index in [1.807, 2.05) is 0 Å². The van der Waals surface area contributed by atoms with E-state index in [1.54, 1.807) is 19.9 Å². The molecule has 0 saturated heterocycles. The van der Waals surface area contributed by atoms with E-state index in [-0.39, 0.29) is 41.7 Å². The van der Waals surface area contributed by atoms with Gasteiger partial charge in [0.2, 0.25) is 5.88 Å². The van der Waals surface area contributed by atoms with Gasteiger partial charge in [0.1, 0.15) is 11.3 Å². The number of nitro groups is 1. The van der Waals surface area contributed by atoms with Gasteiger partial charge in [0.05, 0.1) is 29.6 Å². The Kier molecular flexibility index (Phi) is 6.17. The Bertz CT molecular complexity index is 802. The van der Waals surface area contributed by atoms with Crippen molar-refractivity contribution in [3.63, 3.8) is 0 Å². The molecule has 0 spiro atoms. The fourth-order valence-electron chi connectivity index (χ4n) is 2.81. The van der Waals surface area contributed by atoms with Crippen LogP contribution >= 0.6 is 0 Å². The number of hydrogen-bond donors (Lipinski definition) is 1. The third-order valence-electron chi connectivity index (χ3n) is 3.89. The first-order valence-electron chi connectivity index (χ1n) is 8.28. The number of allylic oxidation sites excluding steroid dienone is 1. The monoisotopic (exact) mass is 376 g/mol. The first-order valence-corrected chi connectivity index (χ1v) is 8.28. The molecule has 144 valence electrons. The Morgan fingerprint density at radius 2 is 1.78 bits per heavy atom. The lowest BCUT2D eigenvalue weighted by Gasteiger charge is -2.28. The second kappa shape index (κ2) is 8.35. The summed E-state index contributed by atoms with van der Waals surface area (Å²) in [5.74, 6) is -2.58. The molecule has 0 aromatic heterocycles. The first kappa shape index (κ1) is 20.0. The van der Waals surface area contributed by atoms with Gasteiger partial charge in [-0.25, -0.2) is 9.59 Å². The molecule has 2 rings (SSSR count). The zero-order valence-electron chi connectivity index (χ0n) is 15.2. The molecule has 9 nitrogen and oxygen atoms in total. The molecule has 2 N–H and O–H groups in total. The summed E-state index contributed by atoms with van der Waals surface area (Å²) in [5.41, 5.74) is 5.96. The molecule has 1 atom stereocenters. The summed E-state index contributed by atoms with van der Waals surface area (Å²) in [5, 5.41) is 11.1. The summed E-state index contributed by atoms with van der Waals surface area (Å²) in [6.45, 7) is 4.94. The van der Waals surface area contributed by atoms with Crippen molar-refractivity contribution in [1.82, 2.24) is 0 Å². The standard InChI is InChI=1S/C18H20N2O7/c1-4-25-17(21)13-10(3)27-16(19)15(18(22)26-5-2)14(13)11-7-6-8-12(9-11)20(23)24/h6-9,14H,4-5,19H2,1-3H3/t14-/m1/s1. The van der Waals surface area contributed by atoms with E-state index >= 15 is 0 Å². The molecule has 0 saturated carbocycles. The topological polar surface area (TPSA) is 131 Å². The number of non-ortho nitro benzene ring substituents is 1. The number of nitrogens with zero attached hydrogens (tertiary/aromatic N) is 1. The average Bonchev–Trinajstić information content (AvgIpc) is 2.61. The molecular formula is C18H20N2O7. The van der Waals surface area contributed by atoms with Crippen LogP contribution in [0.3, 0.4) is 0 Å². The molecule has 9 heteroatoms. The van der Waals surface area contributed by atoms with Crippen molar-refractivity contribution in [2.45, 2.75) is 26.7 Å². The summed E-state index contributed by atoms with van der Waals surface area (Å²) >= 11 is 0. The van der Waals surface area contributed by atoms with Crippen LogP contribution in [0.5, 0.6) is 0 Å². The van der Waals surface area contributed by atoms with Crippen molar-refractivity contribution >= 4 is 17.6 Å². The van der Waals surface area contributed by atoms with E-state index in [4.69, 9.17) is 19.9 Å². The summed E-state index contributed by atoms with van der Waals surface area (Å²) in [4.78, 5) is 35.6. The van der Waals surface area contributed by atoms with Crippen LogP contribution in [0.4, 0.5) is 5.69 Å². The molecule has 1 aromatic rings. The van der Waals surface area contributed by atoms with Crippen LogP contribution in [0.1, 0.15) is 32.3 Å². The SMILES string of the molecule is CCOC(=O)C1=C(C)OC(N)=C(C(=O)OCC)[C@@H]1c1cccc([N+](=O)[O-])c1. The molecule has 1 aliphatic heterocycles. The van der Waals surface area contributed by atoms with Gasteiger partial charge in [-0.3, -0.25) is 10.1 Å². The number of nitro benzene ring substituents is 1. The van der Waals surface area contributed by atoms with Crippen molar-refractivity contribution in [3.8, 4) is 0 Å². The third-order valence-corrected chi connectivity index (χ3v) is 3.89. The summed E-state index contributed by atoms with van der Waals surface area (Å²) in [7, 11) is 0. The third kappa shape index (κ3) is 4.08. The molecule has 0 unspecified atom stereocenters. The maximum Gasteiger partial charge on any atom is 0.340 e. The molecule has 0 amide bonds. The fraction of sp³-hybridized carbons (Fsp3) is 0.333. The number of esters is 2. The van der Waals surface area contributed by atoms with Crippen LogP contribution in [0.15, 0.2) is 47.1 Å². The highest BCUT2D eigenvalue weighted by Gasteiger charge is 2.40. The smallest absolute Gasteiger partial charge is 0.340 e. The lowest BCUT2D eigenvalue weighted by atomic mass is 9.82. The Morgan fingerprint density at radius 1 is 1.19 bits per heavy atom. The van der Waals surface area contributed by atoms with E-state index in [2.05, 4.69) is 0 Å². The van der Waals surface area contributed by atoms with Gasteiger partial charge in [-0.05, 0) is 26.3 Å². The van der Waals surface area contributed by atoms with E-state index in [1.165, 1.54) is 25.1 Å². The minimum absolute atomic E-state index is 0.0367. The van der Waals surface area contributed by atoms with Gasteiger partial charge in [-0.1, -0.05) is 12.1 Å². The summed E-state index contributed by atoms with van der Waals surface area (Å²) in [6.07, 6.45) is 0. The fourth-order valence-corrected chi connectivity index (χ4v) is 2.81. The highest BCUT2D eigenvalue weighted by Crippen LogP contribution is 2.41. The van der Waals surface area contributed by atoms with Crippen LogP contribution in [0, 0.1) is 10.1 Å². The number of ether oxygens (including phenoxy) is 3. The minimum atomic E-state index is -1.02. The Hall–Kier alpha value is -3.36. The van der Waals surface area contributed by atoms with Gasteiger partial charge in [0.25, 0.3) is 5.69 Å². The maximum absolute atomic E-state index is 12.5. The minimum Gasteiger partial charge on any atom is -0.463 e. The number of rotatable bonds is 6. The molecule has 1 aliphatic rings.